The highest BCUT2D eigenvalue weighted by atomic mass is 35.5. The van der Waals surface area contributed by atoms with Crippen molar-refractivity contribution in [1.82, 2.24) is 25.4 Å². The van der Waals surface area contributed by atoms with Gasteiger partial charge in [0.05, 0.1) is 33.7 Å². The molecular formula is C24H13ClF4N8. The summed E-state index contributed by atoms with van der Waals surface area (Å²) in [5.41, 5.74) is 1.41. The second-order valence-electron chi connectivity index (χ2n) is 7.78. The fourth-order valence-electron chi connectivity index (χ4n) is 3.76. The van der Waals surface area contributed by atoms with Crippen LogP contribution in [-0.4, -0.2) is 25.4 Å². The van der Waals surface area contributed by atoms with Gasteiger partial charge in [0.1, 0.15) is 29.4 Å². The van der Waals surface area contributed by atoms with Gasteiger partial charge in [-0.1, -0.05) is 22.9 Å². The highest BCUT2D eigenvalue weighted by Crippen LogP contribution is 2.37. The Labute approximate surface area is 210 Å². The Morgan fingerprint density at radius 1 is 0.973 bits per heavy atom. The smallest absolute Gasteiger partial charge is 0.249 e. The van der Waals surface area contributed by atoms with Crippen molar-refractivity contribution in [3.63, 3.8) is 0 Å². The van der Waals surface area contributed by atoms with E-state index in [-0.39, 0.29) is 27.5 Å². The highest BCUT2D eigenvalue weighted by molar-refractivity contribution is 6.36. The number of rotatable bonds is 6. The molecule has 3 aromatic heterocycles. The van der Waals surface area contributed by atoms with E-state index in [1.807, 2.05) is 6.07 Å². The van der Waals surface area contributed by atoms with Crippen LogP contribution in [-0.2, 0) is 0 Å². The van der Waals surface area contributed by atoms with Gasteiger partial charge in [-0.15, -0.1) is 5.10 Å². The zero-order valence-electron chi connectivity index (χ0n) is 18.4. The Hall–Kier alpha value is -4.76. The van der Waals surface area contributed by atoms with Gasteiger partial charge in [0.2, 0.25) is 5.95 Å². The van der Waals surface area contributed by atoms with Crippen LogP contribution in [0.5, 0.6) is 0 Å². The fraction of sp³-hybridized carbons (Fsp3) is 0.0417. The summed E-state index contributed by atoms with van der Waals surface area (Å²) in [4.78, 5) is 7.58. The van der Waals surface area contributed by atoms with Crippen LogP contribution in [0.25, 0.3) is 10.9 Å². The van der Waals surface area contributed by atoms with E-state index in [4.69, 9.17) is 11.6 Å². The molecule has 5 rings (SSSR count). The molecule has 0 aliphatic heterocycles. The monoisotopic (exact) mass is 524 g/mol. The van der Waals surface area contributed by atoms with Crippen LogP contribution in [0.15, 0.2) is 55.0 Å². The van der Waals surface area contributed by atoms with Crippen molar-refractivity contribution in [2.24, 2.45) is 0 Å². The van der Waals surface area contributed by atoms with Crippen molar-refractivity contribution in [2.45, 2.75) is 6.04 Å². The molecule has 0 saturated heterocycles. The van der Waals surface area contributed by atoms with Crippen LogP contribution in [0.2, 0.25) is 5.02 Å². The summed E-state index contributed by atoms with van der Waals surface area (Å²) >= 11 is 6.49. The number of benzene rings is 2. The maximum Gasteiger partial charge on any atom is 0.249 e. The molecule has 0 saturated carbocycles. The molecule has 0 aliphatic carbocycles. The first-order chi connectivity index (χ1) is 17.8. The number of fused-ring (bicyclic) bond motifs is 1. The molecule has 184 valence electrons. The van der Waals surface area contributed by atoms with Gasteiger partial charge >= 0.3 is 0 Å². The molecule has 37 heavy (non-hydrogen) atoms. The normalized spacial score (nSPS) is 11.8. The number of hydrogen-bond acceptors (Lipinski definition) is 7. The maximum absolute atomic E-state index is 14.7. The van der Waals surface area contributed by atoms with E-state index in [0.29, 0.717) is 22.3 Å². The number of aromatic nitrogens is 5. The number of hydrogen-bond donors (Lipinski definition) is 3. The van der Waals surface area contributed by atoms with Crippen molar-refractivity contribution in [3.05, 3.63) is 100 Å². The Morgan fingerprint density at radius 2 is 1.81 bits per heavy atom. The standard InChI is InChI=1S/C24H13ClF4N8/c25-17-5-13(34-23(20-10-33-37-36-20)15-2-1-12(26)3-18(15)27)4-16-21(11(7-30)8-31-22(16)17)35-14-6-19(28)24(29)32-9-14/h1-6,8-10,23,34H,(H,31,35)(H,33,36,37). The van der Waals surface area contributed by atoms with Gasteiger partial charge in [0, 0.05) is 41.2 Å². The van der Waals surface area contributed by atoms with Gasteiger partial charge in [-0.2, -0.15) is 9.65 Å². The summed E-state index contributed by atoms with van der Waals surface area (Å²) in [6.45, 7) is 0. The quantitative estimate of drug-likeness (QED) is 0.191. The molecule has 3 N–H and O–H groups in total. The van der Waals surface area contributed by atoms with Gasteiger partial charge in [0.15, 0.2) is 5.82 Å². The first-order valence-electron chi connectivity index (χ1n) is 10.5. The number of aromatic amines is 1. The molecule has 3 heterocycles. The van der Waals surface area contributed by atoms with E-state index in [0.717, 1.165) is 24.4 Å². The van der Waals surface area contributed by atoms with Crippen LogP contribution < -0.4 is 10.6 Å². The second-order valence-corrected chi connectivity index (χ2v) is 8.18. The Morgan fingerprint density at radius 3 is 2.51 bits per heavy atom. The van der Waals surface area contributed by atoms with E-state index >= 15 is 0 Å². The average Bonchev–Trinajstić information content (AvgIpc) is 3.40. The summed E-state index contributed by atoms with van der Waals surface area (Å²) in [5.74, 6) is -4.01. The van der Waals surface area contributed by atoms with E-state index in [1.54, 1.807) is 6.07 Å². The maximum atomic E-state index is 14.7. The van der Waals surface area contributed by atoms with E-state index in [2.05, 4.69) is 36.0 Å². The second kappa shape index (κ2) is 9.71. The molecule has 1 unspecified atom stereocenters. The number of nitrogens with zero attached hydrogens (tertiary/aromatic N) is 5. The summed E-state index contributed by atoms with van der Waals surface area (Å²) in [5, 5.41) is 26.3. The van der Waals surface area contributed by atoms with Crippen LogP contribution >= 0.6 is 11.6 Å². The van der Waals surface area contributed by atoms with Crippen LogP contribution in [0, 0.1) is 34.7 Å². The van der Waals surface area contributed by atoms with Crippen molar-refractivity contribution in [2.75, 3.05) is 10.6 Å². The first-order valence-corrected chi connectivity index (χ1v) is 10.9. The minimum atomic E-state index is -1.27. The SMILES string of the molecule is N#Cc1cnc2c(Cl)cc(NC(c3c[nH]nn3)c3ccc(F)cc3F)cc2c1Nc1cnc(F)c(F)c1. The molecule has 5 aromatic rings. The molecule has 2 aromatic carbocycles. The van der Waals surface area contributed by atoms with Crippen molar-refractivity contribution in [3.8, 4) is 6.07 Å². The zero-order chi connectivity index (χ0) is 26.1. The van der Waals surface area contributed by atoms with Crippen molar-refractivity contribution >= 4 is 39.6 Å². The van der Waals surface area contributed by atoms with Gasteiger partial charge in [-0.05, 0) is 18.2 Å². The number of halogens is 5. The lowest BCUT2D eigenvalue weighted by Crippen LogP contribution is -2.15. The molecular weight excluding hydrogens is 512 g/mol. The molecule has 0 bridgehead atoms. The topological polar surface area (TPSA) is 115 Å². The minimum absolute atomic E-state index is 0.0752. The predicted molar refractivity (Wildman–Crippen MR) is 127 cm³/mol. The lowest BCUT2D eigenvalue weighted by Gasteiger charge is -2.20. The Bertz CT molecular complexity index is 1670. The van der Waals surface area contributed by atoms with Gasteiger partial charge < -0.3 is 10.6 Å². The van der Waals surface area contributed by atoms with E-state index in [9.17, 15) is 22.8 Å². The minimum Gasteiger partial charge on any atom is -0.373 e. The van der Waals surface area contributed by atoms with Crippen LogP contribution in [0.3, 0.4) is 0 Å². The number of nitrogens with one attached hydrogen (secondary N) is 3. The van der Waals surface area contributed by atoms with Crippen molar-refractivity contribution in [1.29, 1.82) is 5.26 Å². The summed E-state index contributed by atoms with van der Waals surface area (Å²) in [6.07, 6.45) is 3.79. The number of anilines is 3. The summed E-state index contributed by atoms with van der Waals surface area (Å²) in [6, 6.07) is 8.21. The third-order valence-corrected chi connectivity index (χ3v) is 5.71. The third-order valence-electron chi connectivity index (χ3n) is 5.43. The molecule has 0 aliphatic rings. The van der Waals surface area contributed by atoms with E-state index in [1.165, 1.54) is 24.5 Å². The number of pyridine rings is 2. The van der Waals surface area contributed by atoms with Gasteiger partial charge in [0.25, 0.3) is 0 Å². The molecule has 1 atom stereocenters. The molecule has 8 nitrogen and oxygen atoms in total. The molecule has 13 heteroatoms. The fourth-order valence-corrected chi connectivity index (χ4v) is 4.03. The lowest BCUT2D eigenvalue weighted by molar-refractivity contribution is 0.480. The number of nitriles is 1. The first kappa shape index (κ1) is 24.0. The third kappa shape index (κ3) is 4.72. The zero-order valence-corrected chi connectivity index (χ0v) is 19.2. The largest absolute Gasteiger partial charge is 0.373 e. The molecule has 0 radical (unpaired) electrons. The van der Waals surface area contributed by atoms with Crippen LogP contribution in [0.1, 0.15) is 22.9 Å². The summed E-state index contributed by atoms with van der Waals surface area (Å²) < 4.78 is 55.3. The molecule has 0 amide bonds. The Balaban J connectivity index is 1.63. The highest BCUT2D eigenvalue weighted by Gasteiger charge is 2.22. The molecule has 0 fully saturated rings. The lowest BCUT2D eigenvalue weighted by atomic mass is 10.0. The summed E-state index contributed by atoms with van der Waals surface area (Å²) in [7, 11) is 0. The predicted octanol–water partition coefficient (Wildman–Crippen LogP) is 5.77. The van der Waals surface area contributed by atoms with E-state index < -0.39 is 29.4 Å². The number of H-pyrrole nitrogens is 1. The van der Waals surface area contributed by atoms with Crippen molar-refractivity contribution < 1.29 is 17.6 Å². The van der Waals surface area contributed by atoms with Gasteiger partial charge in [-0.25, -0.2) is 18.2 Å². The Kier molecular flexibility index (Phi) is 6.29. The molecule has 0 spiro atoms. The van der Waals surface area contributed by atoms with Crippen LogP contribution in [0.4, 0.5) is 34.6 Å². The van der Waals surface area contributed by atoms with Gasteiger partial charge in [-0.3, -0.25) is 10.1 Å². The average molecular weight is 525 g/mol.